The number of guanidine groups is 1. The molecule has 0 fully saturated rings. The predicted octanol–water partition coefficient (Wildman–Crippen LogP) is 5.95. The Hall–Kier alpha value is -6.22. The number of nitrogens with one attached hydrogen (secondary N) is 2. The maximum Gasteiger partial charge on any atom is 0.248 e. The van der Waals surface area contributed by atoms with E-state index in [2.05, 4.69) is 15.6 Å². The number of hydrogen-bond donors (Lipinski definition) is 3. The van der Waals surface area contributed by atoms with Gasteiger partial charge >= 0.3 is 0 Å². The Morgan fingerprint density at radius 1 is 0.708 bits per heavy atom. The molecule has 9 heteroatoms. The number of rotatable bonds is 12. The van der Waals surface area contributed by atoms with Gasteiger partial charge in [-0.2, -0.15) is 0 Å². The zero-order chi connectivity index (χ0) is 33.7. The van der Waals surface area contributed by atoms with Crippen LogP contribution in [0.25, 0.3) is 0 Å². The van der Waals surface area contributed by atoms with E-state index in [0.717, 1.165) is 21.6 Å². The molecule has 1 unspecified atom stereocenters. The monoisotopic (exact) mass is 639 g/mol. The molecule has 1 atom stereocenters. The Bertz CT molecular complexity index is 1790. The number of carbonyl (C=O) groups is 3. The van der Waals surface area contributed by atoms with Crippen molar-refractivity contribution in [3.63, 3.8) is 0 Å². The second-order valence-corrected chi connectivity index (χ2v) is 11.0. The molecule has 242 valence electrons. The molecular formula is C39H37N5O4. The van der Waals surface area contributed by atoms with Gasteiger partial charge in [0.1, 0.15) is 11.8 Å². The molecule has 0 aliphatic rings. The van der Waals surface area contributed by atoms with Crippen molar-refractivity contribution in [1.29, 1.82) is 0 Å². The van der Waals surface area contributed by atoms with Gasteiger partial charge in [0, 0.05) is 12.2 Å². The topological polar surface area (TPSA) is 126 Å². The molecule has 0 spiro atoms. The number of methoxy groups -OCH3 is 1. The first-order chi connectivity index (χ1) is 23.4. The van der Waals surface area contributed by atoms with Crippen LogP contribution in [0.1, 0.15) is 28.3 Å². The number of carbonyl (C=O) groups excluding carboxylic acids is 3. The standard InChI is InChI=1S/C39H37N5O4/c1-48-34-22-20-32(21-23-34)42-39(40)43-33-19-11-18-31(26-33)37(38(47)41-27-30-16-9-4-10-17-30)44(35(45)24-28-12-5-2-6-13-28)36(46)25-29-14-7-3-8-15-29/h2-23,26,37H,24-25,27H2,1H3,(H,41,47)(H3,40,42,43). The molecule has 0 saturated carbocycles. The normalized spacial score (nSPS) is 11.6. The lowest BCUT2D eigenvalue weighted by atomic mass is 10.00. The van der Waals surface area contributed by atoms with Gasteiger partial charge in [0.25, 0.3) is 0 Å². The Kier molecular flexibility index (Phi) is 11.3. The van der Waals surface area contributed by atoms with Gasteiger partial charge in [-0.15, -0.1) is 0 Å². The summed E-state index contributed by atoms with van der Waals surface area (Å²) in [5, 5.41) is 6.02. The molecule has 48 heavy (non-hydrogen) atoms. The molecule has 5 aromatic carbocycles. The lowest BCUT2D eigenvalue weighted by Crippen LogP contribution is -2.48. The molecule has 4 N–H and O–H groups in total. The summed E-state index contributed by atoms with van der Waals surface area (Å²) in [4.78, 5) is 47.9. The number of nitrogens with zero attached hydrogens (tertiary/aromatic N) is 2. The third kappa shape index (κ3) is 9.17. The minimum Gasteiger partial charge on any atom is -0.497 e. The van der Waals surface area contributed by atoms with Crippen LogP contribution < -0.4 is 21.1 Å². The van der Waals surface area contributed by atoms with Crippen LogP contribution >= 0.6 is 0 Å². The third-order valence-corrected chi connectivity index (χ3v) is 7.55. The molecule has 9 nitrogen and oxygen atoms in total. The molecule has 0 aromatic heterocycles. The van der Waals surface area contributed by atoms with Crippen molar-refractivity contribution in [3.05, 3.63) is 162 Å². The number of aliphatic imine (C=N–C) groups is 1. The van der Waals surface area contributed by atoms with Crippen LogP contribution in [0.3, 0.4) is 0 Å². The van der Waals surface area contributed by atoms with Crippen molar-refractivity contribution in [3.8, 4) is 5.75 Å². The van der Waals surface area contributed by atoms with Gasteiger partial charge in [-0.3, -0.25) is 19.3 Å². The molecule has 0 bridgehead atoms. The fourth-order valence-electron chi connectivity index (χ4n) is 5.20. The lowest BCUT2D eigenvalue weighted by molar-refractivity contribution is -0.151. The van der Waals surface area contributed by atoms with E-state index in [0.29, 0.717) is 22.7 Å². The van der Waals surface area contributed by atoms with E-state index in [-0.39, 0.29) is 25.3 Å². The van der Waals surface area contributed by atoms with Gasteiger partial charge in [-0.05, 0) is 58.7 Å². The number of ether oxygens (including phenoxy) is 1. The largest absolute Gasteiger partial charge is 0.497 e. The van der Waals surface area contributed by atoms with Crippen molar-refractivity contribution in [2.45, 2.75) is 25.4 Å². The van der Waals surface area contributed by atoms with Gasteiger partial charge in [0.2, 0.25) is 17.7 Å². The Balaban J connectivity index is 1.50. The molecular weight excluding hydrogens is 602 g/mol. The van der Waals surface area contributed by atoms with E-state index in [1.165, 1.54) is 0 Å². The molecule has 5 aromatic rings. The van der Waals surface area contributed by atoms with E-state index in [4.69, 9.17) is 10.5 Å². The van der Waals surface area contributed by atoms with E-state index in [1.54, 1.807) is 55.6 Å². The fraction of sp³-hybridized carbons (Fsp3) is 0.128. The quantitative estimate of drug-likeness (QED) is 0.114. The van der Waals surface area contributed by atoms with Gasteiger partial charge < -0.3 is 21.1 Å². The number of anilines is 1. The molecule has 0 saturated heterocycles. The first-order valence-corrected chi connectivity index (χ1v) is 15.5. The summed E-state index contributed by atoms with van der Waals surface area (Å²) in [5.41, 5.74) is 10.1. The summed E-state index contributed by atoms with van der Waals surface area (Å²) in [7, 11) is 1.59. The van der Waals surface area contributed by atoms with Crippen LogP contribution in [0.15, 0.2) is 145 Å². The lowest BCUT2D eigenvalue weighted by Gasteiger charge is -2.30. The summed E-state index contributed by atoms with van der Waals surface area (Å²) in [6.45, 7) is 0.211. The first-order valence-electron chi connectivity index (χ1n) is 15.5. The van der Waals surface area contributed by atoms with Crippen molar-refractivity contribution >= 4 is 35.1 Å². The number of benzene rings is 5. The van der Waals surface area contributed by atoms with E-state index in [9.17, 15) is 14.4 Å². The summed E-state index contributed by atoms with van der Waals surface area (Å²) < 4.78 is 5.21. The Labute approximate surface area is 280 Å². The number of imide groups is 1. The van der Waals surface area contributed by atoms with Crippen LogP contribution in [-0.2, 0) is 33.8 Å². The Morgan fingerprint density at radius 2 is 1.25 bits per heavy atom. The van der Waals surface area contributed by atoms with Crippen molar-refractivity contribution in [2.75, 3.05) is 12.4 Å². The second kappa shape index (κ2) is 16.4. The zero-order valence-corrected chi connectivity index (χ0v) is 26.6. The minimum atomic E-state index is -1.28. The number of amides is 3. The Morgan fingerprint density at radius 3 is 1.79 bits per heavy atom. The molecule has 5 rings (SSSR count). The zero-order valence-electron chi connectivity index (χ0n) is 26.6. The fourth-order valence-corrected chi connectivity index (χ4v) is 5.20. The van der Waals surface area contributed by atoms with Crippen LogP contribution in [0.2, 0.25) is 0 Å². The average Bonchev–Trinajstić information content (AvgIpc) is 3.11. The molecule has 0 radical (unpaired) electrons. The van der Waals surface area contributed by atoms with Crippen molar-refractivity contribution in [2.24, 2.45) is 10.7 Å². The highest BCUT2D eigenvalue weighted by Crippen LogP contribution is 2.27. The minimum absolute atomic E-state index is 0.0662. The first kappa shape index (κ1) is 33.2. The smallest absolute Gasteiger partial charge is 0.248 e. The summed E-state index contributed by atoms with van der Waals surface area (Å²) in [6.07, 6.45) is -0.132. The predicted molar refractivity (Wildman–Crippen MR) is 188 cm³/mol. The highest BCUT2D eigenvalue weighted by molar-refractivity contribution is 6.02. The second-order valence-electron chi connectivity index (χ2n) is 11.0. The van der Waals surface area contributed by atoms with Crippen LogP contribution in [0.5, 0.6) is 5.75 Å². The van der Waals surface area contributed by atoms with Crippen LogP contribution in [0, 0.1) is 0 Å². The molecule has 0 aliphatic carbocycles. The van der Waals surface area contributed by atoms with Gasteiger partial charge in [0.15, 0.2) is 5.96 Å². The van der Waals surface area contributed by atoms with Crippen LogP contribution in [-0.4, -0.2) is 35.7 Å². The van der Waals surface area contributed by atoms with E-state index < -0.39 is 23.8 Å². The molecule has 0 aliphatic heterocycles. The van der Waals surface area contributed by atoms with Crippen molar-refractivity contribution < 1.29 is 19.1 Å². The van der Waals surface area contributed by atoms with E-state index in [1.807, 2.05) is 91.0 Å². The highest BCUT2D eigenvalue weighted by atomic mass is 16.5. The van der Waals surface area contributed by atoms with Crippen LogP contribution in [0.4, 0.5) is 11.4 Å². The highest BCUT2D eigenvalue weighted by Gasteiger charge is 2.36. The molecule has 0 heterocycles. The maximum absolute atomic E-state index is 14.2. The number of hydrogen-bond acceptors (Lipinski definition) is 5. The van der Waals surface area contributed by atoms with Gasteiger partial charge in [-0.25, -0.2) is 4.99 Å². The SMILES string of the molecule is COc1ccc(N=C(N)Nc2cccc(C(C(=O)NCc3ccccc3)N(C(=O)Cc3ccccc3)C(=O)Cc3ccccc3)c2)cc1. The average molecular weight is 640 g/mol. The number of nitrogens with two attached hydrogens (primary N) is 1. The third-order valence-electron chi connectivity index (χ3n) is 7.55. The van der Waals surface area contributed by atoms with Crippen molar-refractivity contribution in [1.82, 2.24) is 10.2 Å². The summed E-state index contributed by atoms with van der Waals surface area (Å²) >= 11 is 0. The molecule has 3 amide bonds. The maximum atomic E-state index is 14.2. The van der Waals surface area contributed by atoms with Gasteiger partial charge in [0.05, 0.1) is 25.6 Å². The van der Waals surface area contributed by atoms with E-state index >= 15 is 0 Å². The summed E-state index contributed by atoms with van der Waals surface area (Å²) in [6, 6.07) is 40.5. The van der Waals surface area contributed by atoms with Gasteiger partial charge in [-0.1, -0.05) is 103 Å². The summed E-state index contributed by atoms with van der Waals surface area (Å²) in [5.74, 6) is -0.696.